The first kappa shape index (κ1) is 12.6. The highest BCUT2D eigenvalue weighted by Gasteiger charge is 2.10. The Morgan fingerprint density at radius 1 is 1.20 bits per heavy atom. The molecule has 0 aliphatic rings. The molecule has 0 fully saturated rings. The van der Waals surface area contributed by atoms with E-state index in [1.165, 1.54) is 10.9 Å². The van der Waals surface area contributed by atoms with E-state index in [2.05, 4.69) is 4.98 Å². The molecular weight excluding hydrogens is 278 g/mol. The van der Waals surface area contributed by atoms with Gasteiger partial charge in [-0.15, -0.1) is 0 Å². The second-order valence-corrected chi connectivity index (χ2v) is 4.70. The third-order valence-electron chi connectivity index (χ3n) is 3.04. The monoisotopic (exact) mass is 287 g/mol. The molecule has 0 bridgehead atoms. The highest BCUT2D eigenvalue weighted by Crippen LogP contribution is 2.18. The van der Waals surface area contributed by atoms with Crippen LogP contribution in [-0.4, -0.2) is 20.4 Å². The average Bonchev–Trinajstić information content (AvgIpc) is 2.88. The van der Waals surface area contributed by atoms with Gasteiger partial charge in [-0.2, -0.15) is 0 Å². The molecular formula is C14H10ClN3O2. The number of carbonyl (C=O) groups is 1. The number of carbonyl (C=O) groups excluding carboxylic acids is 1. The lowest BCUT2D eigenvalue weighted by Gasteiger charge is -2.06. The molecule has 6 heteroatoms. The van der Waals surface area contributed by atoms with Crippen molar-refractivity contribution in [3.8, 4) is 5.69 Å². The molecule has 0 amide bonds. The summed E-state index contributed by atoms with van der Waals surface area (Å²) in [6.07, 6.45) is 3.82. The van der Waals surface area contributed by atoms with Crippen molar-refractivity contribution in [3.05, 3.63) is 58.2 Å². The van der Waals surface area contributed by atoms with Crippen molar-refractivity contribution < 1.29 is 4.79 Å². The summed E-state index contributed by atoms with van der Waals surface area (Å²) in [5.74, 6) is 0. The van der Waals surface area contributed by atoms with E-state index in [-0.39, 0.29) is 12.1 Å². The number of fused-ring (bicyclic) bond motifs is 1. The molecule has 0 saturated carbocycles. The van der Waals surface area contributed by atoms with Gasteiger partial charge in [-0.25, -0.2) is 4.98 Å². The van der Waals surface area contributed by atoms with Crippen molar-refractivity contribution in [2.75, 3.05) is 0 Å². The van der Waals surface area contributed by atoms with Gasteiger partial charge in [-0.3, -0.25) is 9.36 Å². The third kappa shape index (κ3) is 2.02. The first-order valence-electron chi connectivity index (χ1n) is 5.97. The lowest BCUT2D eigenvalue weighted by Crippen LogP contribution is -2.22. The summed E-state index contributed by atoms with van der Waals surface area (Å²) < 4.78 is 3.02. The van der Waals surface area contributed by atoms with Crippen molar-refractivity contribution in [2.45, 2.75) is 6.54 Å². The van der Waals surface area contributed by atoms with Crippen molar-refractivity contribution in [2.24, 2.45) is 0 Å². The van der Waals surface area contributed by atoms with E-state index in [1.54, 1.807) is 29.0 Å². The molecule has 3 rings (SSSR count). The van der Waals surface area contributed by atoms with Crippen LogP contribution in [0.2, 0.25) is 5.02 Å². The predicted octanol–water partition coefficient (Wildman–Crippen LogP) is 2.04. The molecule has 0 saturated heterocycles. The van der Waals surface area contributed by atoms with Crippen LogP contribution < -0.4 is 5.56 Å². The van der Waals surface area contributed by atoms with Crippen molar-refractivity contribution in [3.63, 3.8) is 0 Å². The zero-order valence-electron chi connectivity index (χ0n) is 10.4. The third-order valence-corrected chi connectivity index (χ3v) is 3.29. The van der Waals surface area contributed by atoms with Gasteiger partial charge in [0.15, 0.2) is 0 Å². The van der Waals surface area contributed by atoms with Crippen LogP contribution in [0.25, 0.3) is 16.7 Å². The molecule has 1 aromatic carbocycles. The SMILES string of the molecule is O=CCn1cnc2ccn(-c3ccc(Cl)cc3)c2c1=O. The second-order valence-electron chi connectivity index (χ2n) is 4.26. The maximum Gasteiger partial charge on any atom is 0.278 e. The number of rotatable bonds is 3. The van der Waals surface area contributed by atoms with Crippen LogP contribution in [-0.2, 0) is 11.3 Å². The normalized spacial score (nSPS) is 10.8. The summed E-state index contributed by atoms with van der Waals surface area (Å²) in [7, 11) is 0. The first-order valence-corrected chi connectivity index (χ1v) is 6.34. The summed E-state index contributed by atoms with van der Waals surface area (Å²) in [5, 5.41) is 0.627. The van der Waals surface area contributed by atoms with Crippen LogP contribution in [0.4, 0.5) is 0 Å². The largest absolute Gasteiger partial charge is 0.311 e. The lowest BCUT2D eigenvalue weighted by molar-refractivity contribution is -0.108. The van der Waals surface area contributed by atoms with E-state index >= 15 is 0 Å². The number of aldehydes is 1. The highest BCUT2D eigenvalue weighted by atomic mass is 35.5. The predicted molar refractivity (Wildman–Crippen MR) is 76.4 cm³/mol. The minimum absolute atomic E-state index is 0.00638. The summed E-state index contributed by atoms with van der Waals surface area (Å²) in [4.78, 5) is 27.1. The van der Waals surface area contributed by atoms with Gasteiger partial charge < -0.3 is 9.36 Å². The van der Waals surface area contributed by atoms with E-state index in [0.717, 1.165) is 5.69 Å². The standard InChI is InChI=1S/C14H10ClN3O2/c15-10-1-3-11(4-2-10)18-6-5-12-13(18)14(20)17(7-8-19)9-16-12/h1-6,8-9H,7H2. The minimum Gasteiger partial charge on any atom is -0.311 e. The molecule has 2 aromatic heterocycles. The maximum atomic E-state index is 12.4. The van der Waals surface area contributed by atoms with E-state index < -0.39 is 0 Å². The molecule has 2 heterocycles. The van der Waals surface area contributed by atoms with Gasteiger partial charge in [-0.05, 0) is 30.3 Å². The Labute approximate surface area is 119 Å². The van der Waals surface area contributed by atoms with Gasteiger partial charge in [0.05, 0.1) is 18.4 Å². The Balaban J connectivity index is 2.26. The Kier molecular flexibility index (Phi) is 3.12. The fourth-order valence-electron chi connectivity index (χ4n) is 2.09. The Morgan fingerprint density at radius 3 is 2.65 bits per heavy atom. The van der Waals surface area contributed by atoms with Gasteiger partial charge in [0.2, 0.25) is 0 Å². The summed E-state index contributed by atoms with van der Waals surface area (Å²) in [6, 6.07) is 8.90. The molecule has 0 N–H and O–H groups in total. The minimum atomic E-state index is -0.248. The molecule has 0 unspecified atom stereocenters. The molecule has 0 radical (unpaired) electrons. The molecule has 0 spiro atoms. The number of benzene rings is 1. The van der Waals surface area contributed by atoms with Crippen LogP contribution in [0.15, 0.2) is 47.7 Å². The molecule has 20 heavy (non-hydrogen) atoms. The van der Waals surface area contributed by atoms with Crippen molar-refractivity contribution >= 4 is 28.9 Å². The van der Waals surface area contributed by atoms with Crippen LogP contribution in [0, 0.1) is 0 Å². The quantitative estimate of drug-likeness (QED) is 0.693. The van der Waals surface area contributed by atoms with Crippen LogP contribution >= 0.6 is 11.6 Å². The molecule has 0 aliphatic heterocycles. The topological polar surface area (TPSA) is 56.9 Å². The van der Waals surface area contributed by atoms with Crippen LogP contribution in [0.3, 0.4) is 0 Å². The molecule has 0 atom stereocenters. The van der Waals surface area contributed by atoms with Gasteiger partial charge >= 0.3 is 0 Å². The number of hydrogen-bond acceptors (Lipinski definition) is 3. The van der Waals surface area contributed by atoms with Crippen LogP contribution in [0.5, 0.6) is 0 Å². The summed E-state index contributed by atoms with van der Waals surface area (Å²) >= 11 is 5.86. The zero-order chi connectivity index (χ0) is 14.1. The maximum absolute atomic E-state index is 12.4. The summed E-state index contributed by atoms with van der Waals surface area (Å²) in [5.41, 5.74) is 1.60. The van der Waals surface area contributed by atoms with Gasteiger partial charge in [0.1, 0.15) is 11.8 Å². The Bertz CT molecular complexity index is 834. The van der Waals surface area contributed by atoms with E-state index in [1.807, 2.05) is 12.1 Å². The molecule has 0 aliphatic carbocycles. The molecule has 100 valence electrons. The van der Waals surface area contributed by atoms with Crippen molar-refractivity contribution in [1.82, 2.24) is 14.1 Å². The highest BCUT2D eigenvalue weighted by molar-refractivity contribution is 6.30. The molecule has 5 nitrogen and oxygen atoms in total. The number of hydrogen-bond donors (Lipinski definition) is 0. The van der Waals surface area contributed by atoms with Crippen LogP contribution in [0.1, 0.15) is 0 Å². The smallest absolute Gasteiger partial charge is 0.278 e. The van der Waals surface area contributed by atoms with E-state index in [9.17, 15) is 9.59 Å². The van der Waals surface area contributed by atoms with Gasteiger partial charge in [-0.1, -0.05) is 11.6 Å². The fraction of sp³-hybridized carbons (Fsp3) is 0.0714. The zero-order valence-corrected chi connectivity index (χ0v) is 11.1. The van der Waals surface area contributed by atoms with E-state index in [0.29, 0.717) is 22.3 Å². The van der Waals surface area contributed by atoms with Gasteiger partial charge in [0, 0.05) is 16.9 Å². The van der Waals surface area contributed by atoms with E-state index in [4.69, 9.17) is 11.6 Å². The first-order chi connectivity index (χ1) is 9.70. The van der Waals surface area contributed by atoms with Crippen molar-refractivity contribution in [1.29, 1.82) is 0 Å². The number of aromatic nitrogens is 3. The summed E-state index contributed by atoms with van der Waals surface area (Å²) in [6.45, 7) is -0.00638. The Morgan fingerprint density at radius 2 is 1.95 bits per heavy atom. The van der Waals surface area contributed by atoms with Gasteiger partial charge in [0.25, 0.3) is 5.56 Å². The number of halogens is 1. The average molecular weight is 288 g/mol. The second kappa shape index (κ2) is 4.94. The molecule has 3 aromatic rings. The Hall–Kier alpha value is -2.40. The number of nitrogens with zero attached hydrogens (tertiary/aromatic N) is 3. The lowest BCUT2D eigenvalue weighted by atomic mass is 10.3. The fourth-order valence-corrected chi connectivity index (χ4v) is 2.21.